The van der Waals surface area contributed by atoms with Gasteiger partial charge in [-0.1, -0.05) is 74.8 Å². The lowest BCUT2D eigenvalue weighted by molar-refractivity contribution is -0.148. The summed E-state index contributed by atoms with van der Waals surface area (Å²) in [7, 11) is -1.42. The van der Waals surface area contributed by atoms with Crippen LogP contribution in [0.1, 0.15) is 24.5 Å². The van der Waals surface area contributed by atoms with Crippen LogP contribution in [0.3, 0.4) is 0 Å². The van der Waals surface area contributed by atoms with E-state index in [1.807, 2.05) is 42.5 Å². The molecule has 0 aliphatic carbocycles. The number of likely N-dealkylation sites (tertiary alicyclic amines) is 1. The summed E-state index contributed by atoms with van der Waals surface area (Å²) in [6.45, 7) is 12.0. The monoisotopic (exact) mass is 467 g/mol. The smallest absolute Gasteiger partial charge is 0.410 e. The minimum atomic E-state index is -1.59. The lowest BCUT2D eigenvalue weighted by Gasteiger charge is -2.30. The number of amides is 1. The van der Waals surface area contributed by atoms with Crippen LogP contribution in [0.5, 0.6) is 0 Å². The molecule has 1 aliphatic rings. The maximum Gasteiger partial charge on any atom is 0.410 e. The summed E-state index contributed by atoms with van der Waals surface area (Å²) in [4.78, 5) is 26.2. The number of β-amino-alcohol motifs (C(OH)–C–C–N with tert-alkyl or cyclic N) is 1. The van der Waals surface area contributed by atoms with Crippen molar-refractivity contribution < 1.29 is 24.5 Å². The highest BCUT2D eigenvalue weighted by atomic mass is 28.3. The molecular weight excluding hydrogens is 434 g/mol. The fraction of sp³-hybridized carbons (Fsp3) is 0.385. The first-order valence-electron chi connectivity index (χ1n) is 11.1. The van der Waals surface area contributed by atoms with Crippen molar-refractivity contribution >= 4 is 26.2 Å². The quantitative estimate of drug-likeness (QED) is 0.546. The maximum absolute atomic E-state index is 12.9. The number of hydrogen-bond acceptors (Lipinski definition) is 4. The Balaban J connectivity index is 1.91. The molecule has 1 saturated heterocycles. The Kier molecular flexibility index (Phi) is 6.86. The Bertz CT molecular complexity index is 1050. The zero-order chi connectivity index (χ0) is 24.4. The van der Waals surface area contributed by atoms with Gasteiger partial charge in [0.05, 0.1) is 13.2 Å². The van der Waals surface area contributed by atoms with Crippen LogP contribution < -0.4 is 0 Å². The van der Waals surface area contributed by atoms with Gasteiger partial charge in [0.25, 0.3) is 0 Å². The number of carbonyl (C=O) groups is 2. The van der Waals surface area contributed by atoms with E-state index in [0.717, 1.165) is 27.6 Å². The van der Waals surface area contributed by atoms with E-state index in [9.17, 15) is 19.8 Å². The van der Waals surface area contributed by atoms with Crippen molar-refractivity contribution in [3.63, 3.8) is 0 Å². The molecule has 0 aromatic heterocycles. The summed E-state index contributed by atoms with van der Waals surface area (Å²) >= 11 is 0. The fourth-order valence-corrected chi connectivity index (χ4v) is 4.95. The first kappa shape index (κ1) is 24.7. The van der Waals surface area contributed by atoms with E-state index < -0.39 is 31.3 Å². The van der Waals surface area contributed by atoms with Crippen LogP contribution in [0.25, 0.3) is 17.2 Å². The van der Waals surface area contributed by atoms with E-state index in [4.69, 9.17) is 4.74 Å². The zero-order valence-electron chi connectivity index (χ0n) is 19.8. The van der Waals surface area contributed by atoms with Crippen molar-refractivity contribution in [3.8, 4) is 11.1 Å². The normalized spacial score (nSPS) is 22.8. The van der Waals surface area contributed by atoms with Gasteiger partial charge in [0.1, 0.15) is 11.1 Å². The van der Waals surface area contributed by atoms with E-state index in [-0.39, 0.29) is 19.6 Å². The summed E-state index contributed by atoms with van der Waals surface area (Å²) in [5, 5.41) is 21.5. The number of aliphatic hydroxyl groups is 1. The van der Waals surface area contributed by atoms with Gasteiger partial charge in [0.2, 0.25) is 0 Å². The van der Waals surface area contributed by atoms with Crippen molar-refractivity contribution in [2.24, 2.45) is 0 Å². The number of benzene rings is 2. The number of rotatable bonds is 7. The molecule has 176 valence electrons. The van der Waals surface area contributed by atoms with Gasteiger partial charge in [-0.15, -0.1) is 0 Å². The van der Waals surface area contributed by atoms with Crippen LogP contribution >= 0.6 is 0 Å². The highest BCUT2D eigenvalue weighted by molar-refractivity contribution is 6.76. The average molecular weight is 468 g/mol. The van der Waals surface area contributed by atoms with Gasteiger partial charge in [-0.2, -0.15) is 0 Å². The second-order valence-corrected chi connectivity index (χ2v) is 15.8. The van der Waals surface area contributed by atoms with Crippen molar-refractivity contribution in [3.05, 3.63) is 66.2 Å². The van der Waals surface area contributed by atoms with Crippen LogP contribution in [-0.4, -0.2) is 53.9 Å². The summed E-state index contributed by atoms with van der Waals surface area (Å²) in [6, 6.07) is 16.1. The van der Waals surface area contributed by atoms with Crippen molar-refractivity contribution in [1.29, 1.82) is 0 Å². The molecule has 7 heteroatoms. The van der Waals surface area contributed by atoms with Crippen LogP contribution in [0, 0.1) is 0 Å². The van der Waals surface area contributed by atoms with Crippen molar-refractivity contribution in [2.45, 2.75) is 50.2 Å². The largest absolute Gasteiger partial charge is 0.480 e. The second kappa shape index (κ2) is 9.15. The predicted molar refractivity (Wildman–Crippen MR) is 133 cm³/mol. The number of carboxylic acid groups (broad SMARTS) is 1. The van der Waals surface area contributed by atoms with Gasteiger partial charge in [-0.05, 0) is 41.3 Å². The number of carbonyl (C=O) groups excluding carboxylic acids is 1. The third-order valence-electron chi connectivity index (χ3n) is 6.30. The highest BCUT2D eigenvalue weighted by Gasteiger charge is 2.57. The van der Waals surface area contributed by atoms with Crippen LogP contribution in [0.4, 0.5) is 4.79 Å². The molecule has 1 heterocycles. The Labute approximate surface area is 196 Å². The van der Waals surface area contributed by atoms with Crippen molar-refractivity contribution in [2.75, 3.05) is 13.2 Å². The lowest BCUT2D eigenvalue weighted by Crippen LogP contribution is -2.51. The molecule has 6 nitrogen and oxygen atoms in total. The van der Waals surface area contributed by atoms with Gasteiger partial charge in [-0.3, -0.25) is 4.90 Å². The van der Waals surface area contributed by atoms with Crippen LogP contribution in [0.15, 0.2) is 55.1 Å². The Morgan fingerprint density at radius 3 is 2.42 bits per heavy atom. The molecule has 1 aliphatic heterocycles. The Morgan fingerprint density at radius 1 is 1.18 bits per heavy atom. The molecular formula is C26H33NO5Si. The number of nitrogens with zero attached hydrogens (tertiary/aromatic N) is 1. The first-order chi connectivity index (χ1) is 15.4. The first-order valence-corrected chi connectivity index (χ1v) is 14.8. The SMILES string of the molecule is C=Cc1cc([C@@]2(O)CN(C(=O)OCC[Si](C)(C)C)[C@](C)(C(=O)O)C2)ccc1-c1ccccc1. The third-order valence-corrected chi connectivity index (χ3v) is 8.01. The van der Waals surface area contributed by atoms with E-state index >= 15 is 0 Å². The fourth-order valence-electron chi connectivity index (χ4n) is 4.23. The molecule has 1 fully saturated rings. The second-order valence-electron chi connectivity index (χ2n) is 10.2. The molecule has 0 unspecified atom stereocenters. The molecule has 2 atom stereocenters. The number of hydrogen-bond donors (Lipinski definition) is 2. The molecule has 0 bridgehead atoms. The molecule has 2 N–H and O–H groups in total. The van der Waals surface area contributed by atoms with E-state index in [1.165, 1.54) is 6.92 Å². The highest BCUT2D eigenvalue weighted by Crippen LogP contribution is 2.43. The molecule has 3 rings (SSSR count). The zero-order valence-corrected chi connectivity index (χ0v) is 20.8. The average Bonchev–Trinajstić information content (AvgIpc) is 3.06. The van der Waals surface area contributed by atoms with Crippen LogP contribution in [0.2, 0.25) is 25.7 Å². The minimum absolute atomic E-state index is 0.139. The van der Waals surface area contributed by atoms with E-state index in [2.05, 4.69) is 26.2 Å². The molecule has 2 aromatic rings. The summed E-state index contributed by atoms with van der Waals surface area (Å²) < 4.78 is 5.43. The Hall–Kier alpha value is -2.90. The summed E-state index contributed by atoms with van der Waals surface area (Å²) in [5.41, 5.74) is 0.220. The maximum atomic E-state index is 12.9. The van der Waals surface area contributed by atoms with Gasteiger partial charge in [0.15, 0.2) is 0 Å². The van der Waals surface area contributed by atoms with Gasteiger partial charge in [-0.25, -0.2) is 9.59 Å². The summed E-state index contributed by atoms with van der Waals surface area (Å²) in [6.07, 6.45) is 0.863. The molecule has 0 spiro atoms. The standard InChI is InChI=1S/C26H33NO5Si/c1-6-19-16-21(12-13-22(19)20-10-8-7-9-11-20)26(31)17-25(2,23(28)29)27(18-26)24(30)32-14-15-33(3,4)5/h6-13,16,31H,1,14-15,17-18H2,2-5H3,(H,28,29)/t25-,26-/m0/s1. The minimum Gasteiger partial charge on any atom is -0.480 e. The molecule has 1 amide bonds. The third kappa shape index (κ3) is 5.20. The van der Waals surface area contributed by atoms with Gasteiger partial charge < -0.3 is 14.9 Å². The van der Waals surface area contributed by atoms with E-state index in [0.29, 0.717) is 5.56 Å². The lowest BCUT2D eigenvalue weighted by atomic mass is 9.84. The van der Waals surface area contributed by atoms with Gasteiger partial charge in [0, 0.05) is 14.5 Å². The van der Waals surface area contributed by atoms with E-state index in [1.54, 1.807) is 12.1 Å². The topological polar surface area (TPSA) is 87.1 Å². The number of carboxylic acids is 1. The van der Waals surface area contributed by atoms with Crippen molar-refractivity contribution in [1.82, 2.24) is 4.90 Å². The Morgan fingerprint density at radius 2 is 1.85 bits per heavy atom. The molecule has 0 radical (unpaired) electrons. The number of aliphatic carboxylic acids is 1. The van der Waals surface area contributed by atoms with Crippen LogP contribution in [-0.2, 0) is 15.1 Å². The molecule has 0 saturated carbocycles. The predicted octanol–water partition coefficient (Wildman–Crippen LogP) is 5.21. The summed E-state index contributed by atoms with van der Waals surface area (Å²) in [5.74, 6) is -1.18. The van der Waals surface area contributed by atoms with Gasteiger partial charge >= 0.3 is 12.1 Å². The molecule has 2 aromatic carbocycles. The molecule has 33 heavy (non-hydrogen) atoms. The number of ether oxygens (including phenoxy) is 1.